The second kappa shape index (κ2) is 4.34. The molecule has 1 aromatic carbocycles. The molecule has 0 bridgehead atoms. The highest BCUT2D eigenvalue weighted by Gasteiger charge is 2.64. The summed E-state index contributed by atoms with van der Waals surface area (Å²) in [5.74, 6) is -1.05. The van der Waals surface area contributed by atoms with Crippen LogP contribution in [0.3, 0.4) is 0 Å². The van der Waals surface area contributed by atoms with Gasteiger partial charge in [0, 0.05) is 18.0 Å². The van der Waals surface area contributed by atoms with E-state index in [9.17, 15) is 4.79 Å². The minimum Gasteiger partial charge on any atom is -0.475 e. The molecule has 4 heteroatoms. The fourth-order valence-electron chi connectivity index (χ4n) is 3.23. The SMILES string of the molecule is CC1(C)C(NCc2ccc3oc(C(=O)O)cc3c2)C1(C)C. The van der Waals surface area contributed by atoms with Crippen LogP contribution in [0, 0.1) is 10.8 Å². The molecular formula is C17H21NO3. The summed E-state index contributed by atoms with van der Waals surface area (Å²) in [5.41, 5.74) is 2.37. The van der Waals surface area contributed by atoms with Gasteiger partial charge in [-0.1, -0.05) is 33.8 Å². The molecule has 1 saturated carbocycles. The maximum atomic E-state index is 10.9. The van der Waals surface area contributed by atoms with Gasteiger partial charge in [0.05, 0.1) is 0 Å². The van der Waals surface area contributed by atoms with Gasteiger partial charge in [0.1, 0.15) is 5.58 Å². The van der Waals surface area contributed by atoms with E-state index >= 15 is 0 Å². The van der Waals surface area contributed by atoms with E-state index in [1.165, 1.54) is 0 Å². The van der Waals surface area contributed by atoms with Crippen LogP contribution in [0.4, 0.5) is 0 Å². The Morgan fingerprint density at radius 2 is 1.90 bits per heavy atom. The molecule has 0 aliphatic heterocycles. The fraction of sp³-hybridized carbons (Fsp3) is 0.471. The number of aromatic carboxylic acids is 1. The first-order valence-corrected chi connectivity index (χ1v) is 7.22. The van der Waals surface area contributed by atoms with Gasteiger partial charge in [-0.05, 0) is 34.6 Å². The van der Waals surface area contributed by atoms with E-state index in [-0.39, 0.29) is 5.76 Å². The Morgan fingerprint density at radius 3 is 2.48 bits per heavy atom. The molecule has 2 aromatic rings. The van der Waals surface area contributed by atoms with Crippen LogP contribution in [0.5, 0.6) is 0 Å². The predicted molar refractivity (Wildman–Crippen MR) is 81.4 cm³/mol. The molecule has 1 aliphatic rings. The minimum absolute atomic E-state index is 0.0143. The lowest BCUT2D eigenvalue weighted by atomic mass is 10.0. The number of carboxylic acids is 1. The number of furan rings is 1. The third kappa shape index (κ3) is 2.14. The van der Waals surface area contributed by atoms with E-state index in [0.29, 0.717) is 22.5 Å². The van der Waals surface area contributed by atoms with Crippen molar-refractivity contribution in [1.82, 2.24) is 5.32 Å². The van der Waals surface area contributed by atoms with Crippen molar-refractivity contribution >= 4 is 16.9 Å². The van der Waals surface area contributed by atoms with Crippen molar-refractivity contribution < 1.29 is 14.3 Å². The lowest BCUT2D eigenvalue weighted by Crippen LogP contribution is -2.21. The largest absolute Gasteiger partial charge is 0.475 e. The molecule has 3 rings (SSSR count). The summed E-state index contributed by atoms with van der Waals surface area (Å²) in [5, 5.41) is 13.4. The molecule has 1 fully saturated rings. The number of benzene rings is 1. The Labute approximate surface area is 124 Å². The van der Waals surface area contributed by atoms with Gasteiger partial charge in [0.15, 0.2) is 0 Å². The van der Waals surface area contributed by atoms with Gasteiger partial charge in [0.25, 0.3) is 0 Å². The van der Waals surface area contributed by atoms with Crippen LogP contribution in [0.1, 0.15) is 43.8 Å². The molecule has 2 N–H and O–H groups in total. The summed E-state index contributed by atoms with van der Waals surface area (Å²) in [6, 6.07) is 7.88. The van der Waals surface area contributed by atoms with Crippen LogP contribution in [-0.2, 0) is 6.54 Å². The van der Waals surface area contributed by atoms with Crippen LogP contribution in [0.15, 0.2) is 28.7 Å². The monoisotopic (exact) mass is 287 g/mol. The zero-order valence-corrected chi connectivity index (χ0v) is 12.9. The van der Waals surface area contributed by atoms with Gasteiger partial charge in [-0.2, -0.15) is 0 Å². The third-order valence-corrected chi connectivity index (χ3v) is 5.32. The van der Waals surface area contributed by atoms with Crippen molar-refractivity contribution in [1.29, 1.82) is 0 Å². The van der Waals surface area contributed by atoms with Crippen LogP contribution in [0.2, 0.25) is 0 Å². The normalized spacial score (nSPS) is 19.8. The molecule has 0 amide bonds. The lowest BCUT2D eigenvalue weighted by molar-refractivity contribution is 0.0665. The first-order chi connectivity index (χ1) is 9.73. The summed E-state index contributed by atoms with van der Waals surface area (Å²) in [6.07, 6.45) is 0. The summed E-state index contributed by atoms with van der Waals surface area (Å²) in [6.45, 7) is 9.90. The highest BCUT2D eigenvalue weighted by atomic mass is 16.4. The third-order valence-electron chi connectivity index (χ3n) is 5.32. The molecule has 1 aliphatic carbocycles. The molecule has 1 aromatic heterocycles. The van der Waals surface area contributed by atoms with Gasteiger partial charge in [-0.25, -0.2) is 4.79 Å². The molecule has 0 spiro atoms. The van der Waals surface area contributed by atoms with Gasteiger partial charge in [-0.3, -0.25) is 0 Å². The first-order valence-electron chi connectivity index (χ1n) is 7.22. The van der Waals surface area contributed by atoms with Crippen LogP contribution in [-0.4, -0.2) is 17.1 Å². The lowest BCUT2D eigenvalue weighted by Gasteiger charge is -2.06. The topological polar surface area (TPSA) is 62.5 Å². The number of carbonyl (C=O) groups is 1. The van der Waals surface area contributed by atoms with Crippen molar-refractivity contribution in [2.45, 2.75) is 40.3 Å². The average molecular weight is 287 g/mol. The van der Waals surface area contributed by atoms with E-state index in [2.05, 4.69) is 33.0 Å². The molecule has 112 valence electrons. The fourth-order valence-corrected chi connectivity index (χ4v) is 3.23. The van der Waals surface area contributed by atoms with Crippen molar-refractivity contribution in [3.8, 4) is 0 Å². The summed E-state index contributed by atoms with van der Waals surface area (Å²) in [4.78, 5) is 10.9. The quantitative estimate of drug-likeness (QED) is 0.901. The average Bonchev–Trinajstić information content (AvgIpc) is 2.75. The second-order valence-electron chi connectivity index (χ2n) is 7.05. The van der Waals surface area contributed by atoms with E-state index in [1.807, 2.05) is 18.2 Å². The Balaban J connectivity index is 1.75. The maximum absolute atomic E-state index is 10.9. The van der Waals surface area contributed by atoms with E-state index in [1.54, 1.807) is 6.07 Å². The van der Waals surface area contributed by atoms with Crippen molar-refractivity contribution in [2.24, 2.45) is 10.8 Å². The Kier molecular flexibility index (Phi) is 2.92. The van der Waals surface area contributed by atoms with Crippen LogP contribution >= 0.6 is 0 Å². The smallest absolute Gasteiger partial charge is 0.371 e. The Morgan fingerprint density at radius 1 is 1.24 bits per heavy atom. The first kappa shape index (κ1) is 14.1. The summed E-state index contributed by atoms with van der Waals surface area (Å²) >= 11 is 0. The summed E-state index contributed by atoms with van der Waals surface area (Å²) < 4.78 is 5.27. The molecule has 0 atom stereocenters. The number of nitrogens with one attached hydrogen (secondary N) is 1. The van der Waals surface area contributed by atoms with Gasteiger partial charge in [-0.15, -0.1) is 0 Å². The summed E-state index contributed by atoms with van der Waals surface area (Å²) in [7, 11) is 0. The standard InChI is InChI=1S/C17H21NO3/c1-16(2)15(17(16,3)4)18-9-10-5-6-12-11(7-10)8-13(21-12)14(19)20/h5-8,15,18H,9H2,1-4H3,(H,19,20). The molecule has 0 unspecified atom stereocenters. The Hall–Kier alpha value is -1.81. The zero-order valence-electron chi connectivity index (χ0n) is 12.9. The second-order valence-corrected chi connectivity index (χ2v) is 7.05. The van der Waals surface area contributed by atoms with Gasteiger partial charge < -0.3 is 14.8 Å². The van der Waals surface area contributed by atoms with E-state index in [4.69, 9.17) is 9.52 Å². The predicted octanol–water partition coefficient (Wildman–Crippen LogP) is 3.66. The van der Waals surface area contributed by atoms with Crippen molar-refractivity contribution in [3.05, 3.63) is 35.6 Å². The number of carboxylic acid groups (broad SMARTS) is 1. The van der Waals surface area contributed by atoms with Crippen molar-refractivity contribution in [3.63, 3.8) is 0 Å². The van der Waals surface area contributed by atoms with Crippen LogP contribution < -0.4 is 5.32 Å². The van der Waals surface area contributed by atoms with E-state index in [0.717, 1.165) is 17.5 Å². The van der Waals surface area contributed by atoms with Crippen molar-refractivity contribution in [2.75, 3.05) is 0 Å². The molecule has 4 nitrogen and oxygen atoms in total. The number of fused-ring (bicyclic) bond motifs is 1. The molecule has 0 radical (unpaired) electrons. The number of rotatable bonds is 4. The zero-order chi connectivity index (χ0) is 15.4. The van der Waals surface area contributed by atoms with Gasteiger partial charge in [0.2, 0.25) is 5.76 Å². The molecule has 21 heavy (non-hydrogen) atoms. The number of hydrogen-bond donors (Lipinski definition) is 2. The highest BCUT2D eigenvalue weighted by Crippen LogP contribution is 2.62. The highest BCUT2D eigenvalue weighted by molar-refractivity contribution is 5.91. The van der Waals surface area contributed by atoms with E-state index < -0.39 is 5.97 Å². The molecule has 0 saturated heterocycles. The number of hydrogen-bond acceptors (Lipinski definition) is 3. The van der Waals surface area contributed by atoms with Crippen LogP contribution in [0.25, 0.3) is 11.0 Å². The maximum Gasteiger partial charge on any atom is 0.371 e. The molecular weight excluding hydrogens is 266 g/mol. The minimum atomic E-state index is -1.03. The van der Waals surface area contributed by atoms with Gasteiger partial charge >= 0.3 is 5.97 Å². The molecule has 1 heterocycles. The Bertz CT molecular complexity index is 698.